The van der Waals surface area contributed by atoms with Gasteiger partial charge in [-0.15, -0.1) is 0 Å². The first-order valence-corrected chi connectivity index (χ1v) is 14.5. The van der Waals surface area contributed by atoms with E-state index in [1.165, 1.54) is 69.8 Å². The Kier molecular flexibility index (Phi) is 5.28. The summed E-state index contributed by atoms with van der Waals surface area (Å²) in [5, 5.41) is 10.9. The lowest BCUT2D eigenvalue weighted by atomic mass is 9.41. The number of aliphatic hydroxyl groups is 1. The molecule has 5 aliphatic rings. The lowest BCUT2D eigenvalue weighted by Crippen LogP contribution is -2.57. The Hall–Kier alpha value is -0.300. The Bertz CT molecular complexity index is 822. The van der Waals surface area contributed by atoms with E-state index < -0.39 is 0 Å². The van der Waals surface area contributed by atoms with Crippen molar-refractivity contribution in [1.82, 2.24) is 0 Å². The van der Waals surface area contributed by atoms with Crippen molar-refractivity contribution in [2.45, 2.75) is 132 Å². The van der Waals surface area contributed by atoms with Crippen LogP contribution in [0.3, 0.4) is 0 Å². The quantitative estimate of drug-likeness (QED) is 0.411. The maximum absolute atomic E-state index is 10.9. The largest absolute Gasteiger partial charge is 0.393 e. The number of rotatable bonds is 5. The highest BCUT2D eigenvalue weighted by atomic mass is 16.3. The van der Waals surface area contributed by atoms with Crippen molar-refractivity contribution in [2.24, 2.45) is 56.2 Å². The van der Waals surface area contributed by atoms with Gasteiger partial charge in [-0.1, -0.05) is 60.6 Å². The first-order chi connectivity index (χ1) is 15.2. The zero-order chi connectivity index (χ0) is 24.2. The molecule has 188 valence electrons. The number of fused-ring (bicyclic) bond motifs is 2. The highest BCUT2D eigenvalue weighted by Crippen LogP contribution is 2.89. The van der Waals surface area contributed by atoms with Gasteiger partial charge >= 0.3 is 0 Å². The Morgan fingerprint density at radius 3 is 2.21 bits per heavy atom. The predicted molar refractivity (Wildman–Crippen MR) is 140 cm³/mol. The van der Waals surface area contributed by atoms with Crippen LogP contribution < -0.4 is 0 Å². The smallest absolute Gasteiger partial charge is 0.0594 e. The fourth-order valence-electron chi connectivity index (χ4n) is 11.3. The standard InChI is InChI=1S/C32H54O/c1-21(2)27(4,5)15-12-22(3)23-13-16-30(9)25-11-10-24-28(6,7)26(33)14-17-31(24)20-32(25,31)19-18-29(23,30)8/h22-26,33H,1,10-20H2,2-9H3. The van der Waals surface area contributed by atoms with Gasteiger partial charge in [-0.05, 0) is 134 Å². The van der Waals surface area contributed by atoms with Crippen molar-refractivity contribution in [3.05, 3.63) is 12.2 Å². The van der Waals surface area contributed by atoms with Crippen LogP contribution in [0, 0.1) is 56.2 Å². The highest BCUT2D eigenvalue weighted by molar-refractivity contribution is 5.30. The van der Waals surface area contributed by atoms with Gasteiger partial charge in [0.15, 0.2) is 0 Å². The van der Waals surface area contributed by atoms with E-state index in [4.69, 9.17) is 0 Å². The van der Waals surface area contributed by atoms with Crippen molar-refractivity contribution >= 4 is 0 Å². The second-order valence-electron chi connectivity index (χ2n) is 15.7. The summed E-state index contributed by atoms with van der Waals surface area (Å²) >= 11 is 0. The third kappa shape index (κ3) is 2.93. The molecule has 9 atom stereocenters. The number of allylic oxidation sites excluding steroid dienone is 1. The van der Waals surface area contributed by atoms with Crippen molar-refractivity contribution in [3.63, 3.8) is 0 Å². The normalized spacial score (nSPS) is 51.1. The molecule has 9 unspecified atom stereocenters. The van der Waals surface area contributed by atoms with Gasteiger partial charge in [0, 0.05) is 0 Å². The van der Waals surface area contributed by atoms with E-state index in [1.807, 2.05) is 0 Å². The molecule has 0 heterocycles. The number of hydrogen-bond acceptors (Lipinski definition) is 1. The summed E-state index contributed by atoms with van der Waals surface area (Å²) in [4.78, 5) is 0. The Balaban J connectivity index is 1.38. The molecule has 0 bridgehead atoms. The van der Waals surface area contributed by atoms with E-state index in [0.717, 1.165) is 30.1 Å². The molecule has 0 aromatic heterocycles. The first kappa shape index (κ1) is 24.4. The fraction of sp³-hybridized carbons (Fsp3) is 0.938. The van der Waals surface area contributed by atoms with E-state index >= 15 is 0 Å². The maximum Gasteiger partial charge on any atom is 0.0594 e. The summed E-state index contributed by atoms with van der Waals surface area (Å²) in [7, 11) is 0. The van der Waals surface area contributed by atoms with E-state index in [2.05, 4.69) is 62.0 Å². The minimum Gasteiger partial charge on any atom is -0.393 e. The summed E-state index contributed by atoms with van der Waals surface area (Å²) in [6.45, 7) is 24.1. The zero-order valence-corrected chi connectivity index (χ0v) is 23.3. The molecule has 0 amide bonds. The van der Waals surface area contributed by atoms with E-state index in [1.54, 1.807) is 0 Å². The van der Waals surface area contributed by atoms with Gasteiger partial charge in [-0.25, -0.2) is 0 Å². The predicted octanol–water partition coefficient (Wildman–Crippen LogP) is 8.81. The molecule has 0 saturated heterocycles. The fourth-order valence-corrected chi connectivity index (χ4v) is 11.3. The van der Waals surface area contributed by atoms with E-state index in [9.17, 15) is 5.11 Å². The van der Waals surface area contributed by atoms with Crippen molar-refractivity contribution in [2.75, 3.05) is 0 Å². The van der Waals surface area contributed by atoms with Gasteiger partial charge in [0.1, 0.15) is 0 Å². The van der Waals surface area contributed by atoms with E-state index in [-0.39, 0.29) is 16.9 Å². The summed E-state index contributed by atoms with van der Waals surface area (Å²) in [5.74, 6) is 3.38. The highest BCUT2D eigenvalue weighted by Gasteiger charge is 2.82. The Morgan fingerprint density at radius 2 is 1.55 bits per heavy atom. The summed E-state index contributed by atoms with van der Waals surface area (Å²) in [6, 6.07) is 0. The van der Waals surface area contributed by atoms with Gasteiger partial charge in [0.05, 0.1) is 6.10 Å². The van der Waals surface area contributed by atoms with Crippen LogP contribution in [0.2, 0.25) is 0 Å². The first-order valence-electron chi connectivity index (χ1n) is 14.5. The van der Waals surface area contributed by atoms with Crippen LogP contribution in [0.25, 0.3) is 0 Å². The monoisotopic (exact) mass is 454 g/mol. The molecule has 2 spiro atoms. The van der Waals surface area contributed by atoms with Crippen molar-refractivity contribution in [3.8, 4) is 0 Å². The Morgan fingerprint density at radius 1 is 0.909 bits per heavy atom. The minimum atomic E-state index is -0.0908. The molecular formula is C32H54O. The zero-order valence-electron chi connectivity index (χ0n) is 23.3. The molecule has 1 N–H and O–H groups in total. The lowest BCUT2D eigenvalue weighted by molar-refractivity contribution is -0.161. The molecule has 0 aromatic carbocycles. The third-order valence-corrected chi connectivity index (χ3v) is 14.2. The third-order valence-electron chi connectivity index (χ3n) is 14.2. The minimum absolute atomic E-state index is 0.0908. The van der Waals surface area contributed by atoms with Crippen molar-refractivity contribution in [1.29, 1.82) is 0 Å². The van der Waals surface area contributed by atoms with Crippen LogP contribution >= 0.6 is 0 Å². The molecule has 5 saturated carbocycles. The van der Waals surface area contributed by atoms with Gasteiger partial charge in [-0.3, -0.25) is 0 Å². The molecule has 5 fully saturated rings. The molecule has 5 rings (SSSR count). The molecule has 5 aliphatic carbocycles. The van der Waals surface area contributed by atoms with Crippen LogP contribution in [0.4, 0.5) is 0 Å². The molecule has 1 nitrogen and oxygen atoms in total. The van der Waals surface area contributed by atoms with Gasteiger partial charge < -0.3 is 5.11 Å². The van der Waals surface area contributed by atoms with Crippen LogP contribution in [0.15, 0.2) is 12.2 Å². The van der Waals surface area contributed by atoms with Crippen LogP contribution in [0.5, 0.6) is 0 Å². The Labute approximate surface area is 205 Å². The number of aliphatic hydroxyl groups excluding tert-OH is 1. The molecule has 0 aromatic rings. The van der Waals surface area contributed by atoms with Gasteiger partial charge in [-0.2, -0.15) is 0 Å². The number of hydrogen-bond donors (Lipinski definition) is 1. The molecule has 1 heteroatoms. The summed E-state index contributed by atoms with van der Waals surface area (Å²) in [5.41, 5.74) is 3.92. The molecule has 0 aliphatic heterocycles. The van der Waals surface area contributed by atoms with Crippen LogP contribution in [0.1, 0.15) is 126 Å². The molecule has 33 heavy (non-hydrogen) atoms. The topological polar surface area (TPSA) is 20.2 Å². The summed E-state index contributed by atoms with van der Waals surface area (Å²) in [6.07, 6.45) is 15.0. The van der Waals surface area contributed by atoms with Crippen LogP contribution in [-0.4, -0.2) is 11.2 Å². The lowest BCUT2D eigenvalue weighted by Gasteiger charge is -2.63. The maximum atomic E-state index is 10.9. The molecular weight excluding hydrogens is 400 g/mol. The average Bonchev–Trinajstić information content (AvgIpc) is 3.32. The van der Waals surface area contributed by atoms with E-state index in [0.29, 0.717) is 21.7 Å². The molecule has 0 radical (unpaired) electrons. The van der Waals surface area contributed by atoms with Crippen LogP contribution in [-0.2, 0) is 0 Å². The second-order valence-corrected chi connectivity index (χ2v) is 15.7. The van der Waals surface area contributed by atoms with Gasteiger partial charge in [0.2, 0.25) is 0 Å². The second kappa shape index (κ2) is 7.14. The van der Waals surface area contributed by atoms with Gasteiger partial charge in [0.25, 0.3) is 0 Å². The SMILES string of the molecule is C=C(C)C(C)(C)CCC(C)C1CCC2(C)C3CCC4C(C)(C)C(O)CCC45CC35CCC12C. The average molecular weight is 455 g/mol. The summed E-state index contributed by atoms with van der Waals surface area (Å²) < 4.78 is 0. The van der Waals surface area contributed by atoms with Crippen molar-refractivity contribution < 1.29 is 5.11 Å².